The van der Waals surface area contributed by atoms with Gasteiger partial charge in [-0.1, -0.05) is 0 Å². The van der Waals surface area contributed by atoms with Gasteiger partial charge in [0.05, 0.1) is 0 Å². The fourth-order valence-corrected chi connectivity index (χ4v) is 1.23. The second-order valence-corrected chi connectivity index (χ2v) is 2.90. The molecule has 0 atom stereocenters. The van der Waals surface area contributed by atoms with Gasteiger partial charge in [0.1, 0.15) is 0 Å². The summed E-state index contributed by atoms with van der Waals surface area (Å²) in [4.78, 5) is 25.7. The third-order valence-electron chi connectivity index (χ3n) is 1.51. The summed E-state index contributed by atoms with van der Waals surface area (Å²) in [6, 6.07) is 0. The predicted octanol–water partition coefficient (Wildman–Crippen LogP) is -0.0204. The lowest BCUT2D eigenvalue weighted by atomic mass is 10.5. The number of hydrogen-bond acceptors (Lipinski definition) is 6. The molecule has 0 bridgehead atoms. The third kappa shape index (κ3) is 1.65. The lowest BCUT2D eigenvalue weighted by Gasteiger charge is -2.01. The summed E-state index contributed by atoms with van der Waals surface area (Å²) in [6.07, 6.45) is 2.93. The molecule has 0 saturated heterocycles. The Balaban J connectivity index is 2.66. The summed E-state index contributed by atoms with van der Waals surface area (Å²) in [6.45, 7) is 0. The van der Waals surface area contributed by atoms with Crippen LogP contribution in [-0.4, -0.2) is 19.9 Å². The van der Waals surface area contributed by atoms with Gasteiger partial charge < -0.3 is 0 Å². The average molecular weight is 304 g/mol. The number of aromatic amines is 1. The minimum absolute atomic E-state index is 0.228. The molecule has 0 fully saturated rings. The van der Waals surface area contributed by atoms with E-state index in [0.29, 0.717) is 11.6 Å². The molecule has 14 heavy (non-hydrogen) atoms. The van der Waals surface area contributed by atoms with Crippen LogP contribution in [0.4, 0.5) is 5.95 Å². The lowest BCUT2D eigenvalue weighted by molar-refractivity contribution is 1.07. The van der Waals surface area contributed by atoms with Crippen molar-refractivity contribution in [2.45, 2.75) is 0 Å². The van der Waals surface area contributed by atoms with Gasteiger partial charge in [0.25, 0.3) is 5.56 Å². The molecule has 2 heterocycles. The van der Waals surface area contributed by atoms with E-state index in [1.54, 1.807) is 0 Å². The number of fused-ring (bicyclic) bond motifs is 1. The Morgan fingerprint density at radius 3 is 2.93 bits per heavy atom. The molecule has 7 nitrogen and oxygen atoms in total. The maximum absolute atomic E-state index is 11.4. The lowest BCUT2D eigenvalue weighted by Crippen LogP contribution is -2.18. The molecule has 0 unspecified atom stereocenters. The highest BCUT2D eigenvalue weighted by Gasteiger charge is 2.03. The Morgan fingerprint density at radius 2 is 2.14 bits per heavy atom. The van der Waals surface area contributed by atoms with Gasteiger partial charge in [0, 0.05) is 35.3 Å². The Kier molecular flexibility index (Phi) is 2.54. The van der Waals surface area contributed by atoms with Gasteiger partial charge >= 0.3 is 0 Å². The van der Waals surface area contributed by atoms with Gasteiger partial charge in [-0.3, -0.25) is 15.2 Å². The molecule has 72 valence electrons. The molecule has 0 aromatic carbocycles. The molecule has 0 spiro atoms. The highest BCUT2D eigenvalue weighted by molar-refractivity contribution is 14.1. The molecule has 0 radical (unpaired) electrons. The number of H-pyrrole nitrogens is 1. The van der Waals surface area contributed by atoms with E-state index in [2.05, 4.69) is 29.0 Å². The number of hydrazine groups is 1. The van der Waals surface area contributed by atoms with Crippen LogP contribution in [0.15, 0.2) is 17.2 Å². The van der Waals surface area contributed by atoms with E-state index in [-0.39, 0.29) is 11.1 Å². The number of nitrogens with zero attached hydrogens (tertiary/aromatic N) is 3. The SMILES string of the molecule is O=c1[nH]c(NNI)nc2nccnc12. The van der Waals surface area contributed by atoms with Crippen molar-refractivity contribution >= 4 is 40.0 Å². The van der Waals surface area contributed by atoms with Crippen molar-refractivity contribution in [3.8, 4) is 0 Å². The normalized spacial score (nSPS) is 10.4. The number of nitrogens with one attached hydrogen (secondary N) is 3. The van der Waals surface area contributed by atoms with Crippen LogP contribution in [0.3, 0.4) is 0 Å². The zero-order chi connectivity index (χ0) is 9.97. The zero-order valence-corrected chi connectivity index (χ0v) is 8.94. The molecular formula is C6H5IN6O. The third-order valence-corrected chi connectivity index (χ3v) is 1.78. The van der Waals surface area contributed by atoms with Crippen LogP contribution in [-0.2, 0) is 0 Å². The molecule has 2 aromatic heterocycles. The topological polar surface area (TPSA) is 95.6 Å². The van der Waals surface area contributed by atoms with Gasteiger partial charge in [0.15, 0.2) is 11.2 Å². The molecule has 0 saturated carbocycles. The predicted molar refractivity (Wildman–Crippen MR) is 58.7 cm³/mol. The van der Waals surface area contributed by atoms with Crippen LogP contribution in [0.5, 0.6) is 0 Å². The van der Waals surface area contributed by atoms with Crippen LogP contribution in [0.2, 0.25) is 0 Å². The Bertz CT molecular complexity index is 511. The van der Waals surface area contributed by atoms with Crippen molar-refractivity contribution in [1.82, 2.24) is 23.6 Å². The second kappa shape index (κ2) is 3.84. The number of anilines is 1. The first-order valence-electron chi connectivity index (χ1n) is 3.64. The molecule has 2 aromatic rings. The molecule has 2 rings (SSSR count). The molecule has 0 aliphatic carbocycles. The second-order valence-electron chi connectivity index (χ2n) is 2.36. The first kappa shape index (κ1) is 9.27. The summed E-state index contributed by atoms with van der Waals surface area (Å²) < 4.78 is 2.62. The quantitative estimate of drug-likeness (QED) is 0.410. The van der Waals surface area contributed by atoms with Crippen LogP contribution in [0.25, 0.3) is 11.2 Å². The van der Waals surface area contributed by atoms with Crippen LogP contribution >= 0.6 is 22.9 Å². The van der Waals surface area contributed by atoms with Crippen molar-refractivity contribution in [2.24, 2.45) is 0 Å². The Hall–Kier alpha value is -1.29. The van der Waals surface area contributed by atoms with E-state index in [4.69, 9.17) is 0 Å². The fraction of sp³-hybridized carbons (Fsp3) is 0. The standard InChI is InChI=1S/C6H5IN6O/c7-13-12-6-10-4-3(5(14)11-6)8-1-2-9-4/h1-2,13H,(H2,9,10,11,12,14). The van der Waals surface area contributed by atoms with E-state index >= 15 is 0 Å². The highest BCUT2D eigenvalue weighted by Crippen LogP contribution is 2.00. The van der Waals surface area contributed by atoms with Gasteiger partial charge in [0.2, 0.25) is 5.95 Å². The summed E-state index contributed by atoms with van der Waals surface area (Å²) in [5.74, 6) is 0.303. The van der Waals surface area contributed by atoms with Crippen molar-refractivity contribution < 1.29 is 0 Å². The maximum Gasteiger partial charge on any atom is 0.280 e. The first-order chi connectivity index (χ1) is 6.81. The van der Waals surface area contributed by atoms with E-state index in [1.807, 2.05) is 22.9 Å². The minimum atomic E-state index is -0.322. The van der Waals surface area contributed by atoms with E-state index in [1.165, 1.54) is 12.4 Å². The van der Waals surface area contributed by atoms with Crippen LogP contribution < -0.4 is 14.6 Å². The Morgan fingerprint density at radius 1 is 1.36 bits per heavy atom. The molecule has 0 aliphatic rings. The number of hydrogen-bond donors (Lipinski definition) is 3. The number of halogens is 1. The maximum atomic E-state index is 11.4. The number of rotatable bonds is 2. The monoisotopic (exact) mass is 304 g/mol. The fourth-order valence-electron chi connectivity index (χ4n) is 0.977. The van der Waals surface area contributed by atoms with Gasteiger partial charge in [-0.2, -0.15) is 8.62 Å². The highest BCUT2D eigenvalue weighted by atomic mass is 127. The average Bonchev–Trinajstić information content (AvgIpc) is 2.18. The summed E-state index contributed by atoms with van der Waals surface area (Å²) in [5, 5.41) is 0. The van der Waals surface area contributed by atoms with Crippen molar-refractivity contribution in [2.75, 3.05) is 5.43 Å². The van der Waals surface area contributed by atoms with E-state index in [9.17, 15) is 4.79 Å². The summed E-state index contributed by atoms with van der Waals surface area (Å²) in [7, 11) is 0. The van der Waals surface area contributed by atoms with Gasteiger partial charge in [-0.15, -0.1) is 0 Å². The largest absolute Gasteiger partial charge is 0.290 e. The molecule has 0 amide bonds. The van der Waals surface area contributed by atoms with Crippen LogP contribution in [0, 0.1) is 0 Å². The van der Waals surface area contributed by atoms with E-state index in [0.717, 1.165) is 0 Å². The summed E-state index contributed by atoms with van der Waals surface area (Å²) in [5.41, 5.74) is 2.86. The Labute approximate surface area is 91.8 Å². The molecule has 3 N–H and O–H groups in total. The van der Waals surface area contributed by atoms with Gasteiger partial charge in [-0.05, 0) is 0 Å². The van der Waals surface area contributed by atoms with E-state index < -0.39 is 0 Å². The molecular weight excluding hydrogens is 299 g/mol. The number of aromatic nitrogens is 4. The smallest absolute Gasteiger partial charge is 0.280 e. The summed E-state index contributed by atoms with van der Waals surface area (Å²) >= 11 is 1.87. The molecule has 8 heteroatoms. The van der Waals surface area contributed by atoms with Crippen molar-refractivity contribution in [1.29, 1.82) is 0 Å². The minimum Gasteiger partial charge on any atom is -0.290 e. The van der Waals surface area contributed by atoms with Crippen molar-refractivity contribution in [3.05, 3.63) is 22.7 Å². The zero-order valence-electron chi connectivity index (χ0n) is 6.78. The van der Waals surface area contributed by atoms with Crippen LogP contribution in [0.1, 0.15) is 0 Å². The first-order valence-corrected chi connectivity index (χ1v) is 4.72. The van der Waals surface area contributed by atoms with Gasteiger partial charge in [-0.25, -0.2) is 9.97 Å². The van der Waals surface area contributed by atoms with Crippen molar-refractivity contribution in [3.63, 3.8) is 0 Å². The molecule has 0 aliphatic heterocycles.